The fourth-order valence-electron chi connectivity index (χ4n) is 3.63. The molecule has 168 valence electrons. The molecule has 7 nitrogen and oxygen atoms in total. The molecule has 0 radical (unpaired) electrons. The van der Waals surface area contributed by atoms with Crippen LogP contribution in [0.25, 0.3) is 0 Å². The standard InChI is InChI=1S/C25H28N2O5/c1-17(2)27(15-19-8-5-4-6-9-19)22(28)16-32-23(29)10-7-13-26-24(30)20-12-11-18(3)14-21(20)25(26)31/h4-6,8-9,11-12,14,17H,7,10,13,15-16H2,1-3H3. The van der Waals surface area contributed by atoms with Gasteiger partial charge in [0.2, 0.25) is 0 Å². The first-order valence-corrected chi connectivity index (χ1v) is 10.7. The van der Waals surface area contributed by atoms with Gasteiger partial charge in [-0.3, -0.25) is 24.1 Å². The molecule has 32 heavy (non-hydrogen) atoms. The lowest BCUT2D eigenvalue weighted by molar-refractivity contribution is -0.153. The van der Waals surface area contributed by atoms with E-state index >= 15 is 0 Å². The molecule has 7 heteroatoms. The lowest BCUT2D eigenvalue weighted by Crippen LogP contribution is -2.39. The zero-order chi connectivity index (χ0) is 23.3. The third-order valence-corrected chi connectivity index (χ3v) is 5.38. The quantitative estimate of drug-likeness (QED) is 0.445. The Bertz CT molecular complexity index is 1020. The first-order chi connectivity index (χ1) is 15.3. The summed E-state index contributed by atoms with van der Waals surface area (Å²) >= 11 is 0. The van der Waals surface area contributed by atoms with Gasteiger partial charge in [-0.15, -0.1) is 0 Å². The van der Waals surface area contributed by atoms with Gasteiger partial charge in [-0.1, -0.05) is 42.0 Å². The Balaban J connectivity index is 1.45. The molecule has 0 spiro atoms. The zero-order valence-corrected chi connectivity index (χ0v) is 18.7. The van der Waals surface area contributed by atoms with Crippen LogP contribution in [0.2, 0.25) is 0 Å². The van der Waals surface area contributed by atoms with Crippen molar-refractivity contribution in [1.29, 1.82) is 0 Å². The number of benzene rings is 2. The highest BCUT2D eigenvalue weighted by Gasteiger charge is 2.35. The fraction of sp³-hybridized carbons (Fsp3) is 0.360. The number of hydrogen-bond acceptors (Lipinski definition) is 5. The molecule has 0 aromatic heterocycles. The average molecular weight is 437 g/mol. The van der Waals surface area contributed by atoms with Gasteiger partial charge in [-0.05, 0) is 44.9 Å². The van der Waals surface area contributed by atoms with Crippen molar-refractivity contribution in [2.45, 2.75) is 46.2 Å². The van der Waals surface area contributed by atoms with E-state index in [1.54, 1.807) is 23.1 Å². The molecule has 1 aliphatic heterocycles. The number of carbonyl (C=O) groups excluding carboxylic acids is 4. The van der Waals surface area contributed by atoms with Crippen molar-refractivity contribution in [2.24, 2.45) is 0 Å². The Morgan fingerprint density at radius 1 is 1.00 bits per heavy atom. The molecule has 1 aliphatic rings. The Morgan fingerprint density at radius 3 is 2.38 bits per heavy atom. The van der Waals surface area contributed by atoms with Crippen LogP contribution in [-0.4, -0.2) is 52.7 Å². The number of aryl methyl sites for hydroxylation is 1. The van der Waals surface area contributed by atoms with E-state index < -0.39 is 5.97 Å². The number of imide groups is 1. The summed E-state index contributed by atoms with van der Waals surface area (Å²) in [5.41, 5.74) is 2.69. The minimum absolute atomic E-state index is 0.0140. The molecule has 0 saturated carbocycles. The summed E-state index contributed by atoms with van der Waals surface area (Å²) in [5.74, 6) is -1.49. The van der Waals surface area contributed by atoms with Gasteiger partial charge in [-0.2, -0.15) is 0 Å². The van der Waals surface area contributed by atoms with Crippen molar-refractivity contribution in [3.8, 4) is 0 Å². The minimum Gasteiger partial charge on any atom is -0.456 e. The molecule has 0 saturated heterocycles. The lowest BCUT2D eigenvalue weighted by atomic mass is 10.1. The van der Waals surface area contributed by atoms with Crippen LogP contribution < -0.4 is 0 Å². The number of ether oxygens (including phenoxy) is 1. The molecular weight excluding hydrogens is 408 g/mol. The summed E-state index contributed by atoms with van der Waals surface area (Å²) in [5, 5.41) is 0. The van der Waals surface area contributed by atoms with Crippen molar-refractivity contribution < 1.29 is 23.9 Å². The summed E-state index contributed by atoms with van der Waals surface area (Å²) in [6, 6.07) is 14.7. The maximum Gasteiger partial charge on any atom is 0.306 e. The minimum atomic E-state index is -0.533. The molecule has 0 N–H and O–H groups in total. The Kier molecular flexibility index (Phi) is 7.41. The molecule has 0 atom stereocenters. The molecule has 2 aromatic rings. The van der Waals surface area contributed by atoms with Gasteiger partial charge >= 0.3 is 5.97 Å². The van der Waals surface area contributed by atoms with E-state index in [4.69, 9.17) is 4.74 Å². The maximum atomic E-state index is 12.6. The van der Waals surface area contributed by atoms with Crippen LogP contribution >= 0.6 is 0 Å². The topological polar surface area (TPSA) is 84.0 Å². The molecular formula is C25H28N2O5. The number of amides is 3. The van der Waals surface area contributed by atoms with Crippen molar-refractivity contribution in [1.82, 2.24) is 9.80 Å². The molecule has 0 aliphatic carbocycles. The van der Waals surface area contributed by atoms with Gasteiger partial charge in [0.25, 0.3) is 17.7 Å². The van der Waals surface area contributed by atoms with Crippen LogP contribution in [-0.2, 0) is 20.9 Å². The number of fused-ring (bicyclic) bond motifs is 1. The largest absolute Gasteiger partial charge is 0.456 e. The summed E-state index contributed by atoms with van der Waals surface area (Å²) in [4.78, 5) is 52.4. The van der Waals surface area contributed by atoms with E-state index in [0.29, 0.717) is 17.7 Å². The van der Waals surface area contributed by atoms with E-state index in [1.807, 2.05) is 51.1 Å². The van der Waals surface area contributed by atoms with Crippen molar-refractivity contribution in [3.63, 3.8) is 0 Å². The van der Waals surface area contributed by atoms with Crippen molar-refractivity contribution in [2.75, 3.05) is 13.2 Å². The zero-order valence-electron chi connectivity index (χ0n) is 18.7. The molecule has 2 aromatic carbocycles. The Labute approximate surface area is 188 Å². The highest BCUT2D eigenvalue weighted by atomic mass is 16.5. The Hall–Kier alpha value is -3.48. The van der Waals surface area contributed by atoms with E-state index in [1.165, 1.54) is 0 Å². The normalized spacial score (nSPS) is 12.8. The van der Waals surface area contributed by atoms with Gasteiger partial charge in [0.05, 0.1) is 11.1 Å². The third-order valence-electron chi connectivity index (χ3n) is 5.38. The van der Waals surface area contributed by atoms with Crippen LogP contribution in [0, 0.1) is 6.92 Å². The van der Waals surface area contributed by atoms with Crippen molar-refractivity contribution in [3.05, 3.63) is 70.8 Å². The first-order valence-electron chi connectivity index (χ1n) is 10.7. The SMILES string of the molecule is Cc1ccc2c(c1)C(=O)N(CCCC(=O)OCC(=O)N(Cc1ccccc1)C(C)C)C2=O. The molecule has 3 rings (SSSR count). The Morgan fingerprint density at radius 2 is 1.69 bits per heavy atom. The van der Waals surface area contributed by atoms with Gasteiger partial charge in [0, 0.05) is 25.6 Å². The summed E-state index contributed by atoms with van der Waals surface area (Å²) in [6.07, 6.45) is 0.287. The predicted molar refractivity (Wildman–Crippen MR) is 119 cm³/mol. The third kappa shape index (κ3) is 5.41. The number of nitrogens with zero attached hydrogens (tertiary/aromatic N) is 2. The van der Waals surface area contributed by atoms with E-state index in [9.17, 15) is 19.2 Å². The lowest BCUT2D eigenvalue weighted by Gasteiger charge is -2.26. The number of rotatable bonds is 9. The smallest absolute Gasteiger partial charge is 0.306 e. The maximum absolute atomic E-state index is 12.6. The van der Waals surface area contributed by atoms with E-state index in [2.05, 4.69) is 0 Å². The van der Waals surface area contributed by atoms with Gasteiger partial charge in [-0.25, -0.2) is 0 Å². The summed E-state index contributed by atoms with van der Waals surface area (Å²) < 4.78 is 5.15. The average Bonchev–Trinajstić information content (AvgIpc) is 3.00. The van der Waals surface area contributed by atoms with E-state index in [-0.39, 0.29) is 49.8 Å². The molecule has 3 amide bonds. The monoisotopic (exact) mass is 436 g/mol. The first kappa shape index (κ1) is 23.2. The molecule has 1 heterocycles. The predicted octanol–water partition coefficient (Wildman–Crippen LogP) is 3.35. The van der Waals surface area contributed by atoms with Gasteiger partial charge in [0.15, 0.2) is 6.61 Å². The molecule has 0 unspecified atom stereocenters. The van der Waals surface area contributed by atoms with Crippen LogP contribution in [0.1, 0.15) is 58.5 Å². The summed E-state index contributed by atoms with van der Waals surface area (Å²) in [6.45, 7) is 5.90. The number of carbonyl (C=O) groups is 4. The van der Waals surface area contributed by atoms with Gasteiger partial charge in [0.1, 0.15) is 0 Å². The number of esters is 1. The highest BCUT2D eigenvalue weighted by Crippen LogP contribution is 2.24. The second-order valence-electron chi connectivity index (χ2n) is 8.18. The van der Waals surface area contributed by atoms with Crippen LogP contribution in [0.3, 0.4) is 0 Å². The van der Waals surface area contributed by atoms with Crippen LogP contribution in [0.5, 0.6) is 0 Å². The highest BCUT2D eigenvalue weighted by molar-refractivity contribution is 6.21. The van der Waals surface area contributed by atoms with Crippen molar-refractivity contribution >= 4 is 23.7 Å². The second kappa shape index (κ2) is 10.2. The van der Waals surface area contributed by atoms with E-state index in [0.717, 1.165) is 16.0 Å². The fourth-order valence-corrected chi connectivity index (χ4v) is 3.63. The number of hydrogen-bond donors (Lipinski definition) is 0. The summed E-state index contributed by atoms with van der Waals surface area (Å²) in [7, 11) is 0. The van der Waals surface area contributed by atoms with Crippen LogP contribution in [0.4, 0.5) is 0 Å². The molecule has 0 fully saturated rings. The van der Waals surface area contributed by atoms with Crippen LogP contribution in [0.15, 0.2) is 48.5 Å². The molecule has 0 bridgehead atoms. The second-order valence-corrected chi connectivity index (χ2v) is 8.18. The van der Waals surface area contributed by atoms with Gasteiger partial charge < -0.3 is 9.64 Å².